The Hall–Kier alpha value is -2.60. The predicted molar refractivity (Wildman–Crippen MR) is 81.9 cm³/mol. The zero-order valence-electron chi connectivity index (χ0n) is 12.5. The lowest BCUT2D eigenvalue weighted by Crippen LogP contribution is -2.20. The summed E-state index contributed by atoms with van der Waals surface area (Å²) in [5.41, 5.74) is 3.16. The topological polar surface area (TPSA) is 70.8 Å². The number of nitro benzene ring substituents is 1. The number of benzene rings is 2. The minimum absolute atomic E-state index is 0.0730. The lowest BCUT2D eigenvalue weighted by atomic mass is 9.87. The molecule has 0 fully saturated rings. The fraction of sp³-hybridized carbons (Fsp3) is 0.294. The number of rotatable bonds is 2. The van der Waals surface area contributed by atoms with Gasteiger partial charge in [-0.05, 0) is 41.0 Å². The third kappa shape index (κ3) is 2.31. The van der Waals surface area contributed by atoms with E-state index in [0.29, 0.717) is 12.4 Å². The average Bonchev–Trinajstić information content (AvgIpc) is 3.01. The quantitative estimate of drug-likeness (QED) is 0.626. The Morgan fingerprint density at radius 1 is 1.09 bits per heavy atom. The fourth-order valence-corrected chi connectivity index (χ4v) is 3.09. The van der Waals surface area contributed by atoms with Gasteiger partial charge in [0.1, 0.15) is 6.10 Å². The molecule has 0 N–H and O–H groups in total. The number of nitro groups is 1. The zero-order valence-corrected chi connectivity index (χ0v) is 12.5. The molecular weight excluding hydrogens is 298 g/mol. The van der Waals surface area contributed by atoms with Gasteiger partial charge in [-0.1, -0.05) is 6.92 Å². The second kappa shape index (κ2) is 5.24. The molecule has 2 atom stereocenters. The lowest BCUT2D eigenvalue weighted by molar-refractivity contribution is -0.384. The molecule has 2 aliphatic heterocycles. The molecule has 6 heteroatoms. The van der Waals surface area contributed by atoms with E-state index in [1.807, 2.05) is 12.1 Å². The van der Waals surface area contributed by atoms with Crippen LogP contribution in [0.3, 0.4) is 0 Å². The first kappa shape index (κ1) is 14.0. The predicted octanol–water partition coefficient (Wildman–Crippen LogP) is 3.55. The maximum atomic E-state index is 10.8. The van der Waals surface area contributed by atoms with E-state index in [1.165, 1.54) is 17.7 Å². The molecule has 0 radical (unpaired) electrons. The van der Waals surface area contributed by atoms with Crippen molar-refractivity contribution in [2.45, 2.75) is 18.9 Å². The second-order valence-corrected chi connectivity index (χ2v) is 5.80. The highest BCUT2D eigenvalue weighted by Crippen LogP contribution is 2.44. The van der Waals surface area contributed by atoms with Gasteiger partial charge in [0.05, 0.1) is 11.5 Å². The van der Waals surface area contributed by atoms with Crippen LogP contribution in [0, 0.1) is 10.1 Å². The lowest BCUT2D eigenvalue weighted by Gasteiger charge is -2.30. The Morgan fingerprint density at radius 3 is 2.39 bits per heavy atom. The van der Waals surface area contributed by atoms with Crippen LogP contribution in [0.2, 0.25) is 0 Å². The smallest absolute Gasteiger partial charge is 0.269 e. The van der Waals surface area contributed by atoms with Gasteiger partial charge in [0.15, 0.2) is 11.5 Å². The summed E-state index contributed by atoms with van der Waals surface area (Å²) in [6.07, 6.45) is -0.253. The third-order valence-electron chi connectivity index (χ3n) is 4.31. The molecule has 6 nitrogen and oxygen atoms in total. The molecule has 0 saturated heterocycles. The summed E-state index contributed by atoms with van der Waals surface area (Å²) < 4.78 is 16.9. The van der Waals surface area contributed by atoms with Gasteiger partial charge >= 0.3 is 0 Å². The Bertz CT molecular complexity index is 771. The van der Waals surface area contributed by atoms with E-state index in [1.54, 1.807) is 12.1 Å². The van der Waals surface area contributed by atoms with Gasteiger partial charge in [0, 0.05) is 18.1 Å². The summed E-state index contributed by atoms with van der Waals surface area (Å²) in [4.78, 5) is 10.4. The van der Waals surface area contributed by atoms with E-state index in [9.17, 15) is 10.1 Å². The zero-order chi connectivity index (χ0) is 16.0. The first-order valence-electron chi connectivity index (χ1n) is 7.43. The van der Waals surface area contributed by atoms with Crippen LogP contribution in [-0.4, -0.2) is 18.3 Å². The molecule has 0 amide bonds. The average molecular weight is 313 g/mol. The van der Waals surface area contributed by atoms with Crippen molar-refractivity contribution >= 4 is 5.69 Å². The van der Waals surface area contributed by atoms with Crippen LogP contribution in [-0.2, 0) is 4.74 Å². The van der Waals surface area contributed by atoms with E-state index in [2.05, 4.69) is 6.92 Å². The fourth-order valence-electron chi connectivity index (χ4n) is 3.09. The molecule has 2 aromatic carbocycles. The summed E-state index contributed by atoms with van der Waals surface area (Å²) in [5, 5.41) is 10.8. The first-order valence-corrected chi connectivity index (χ1v) is 7.43. The van der Waals surface area contributed by atoms with E-state index in [0.717, 1.165) is 16.9 Å². The van der Waals surface area contributed by atoms with E-state index in [-0.39, 0.29) is 24.5 Å². The van der Waals surface area contributed by atoms with Gasteiger partial charge in [0.2, 0.25) is 6.79 Å². The van der Waals surface area contributed by atoms with Gasteiger partial charge < -0.3 is 14.2 Å². The number of nitrogens with zero attached hydrogens (tertiary/aromatic N) is 1. The van der Waals surface area contributed by atoms with Gasteiger partial charge in [-0.3, -0.25) is 10.1 Å². The monoisotopic (exact) mass is 313 g/mol. The standard InChI is InChI=1S/C17H15NO5/c1-10-8-21-17(11-2-4-12(5-3-11)18(19)20)14-7-16-15(6-13(10)14)22-9-23-16/h2-7,10,17H,8-9H2,1H3. The molecule has 0 bridgehead atoms. The summed E-state index contributed by atoms with van der Waals surface area (Å²) in [5.74, 6) is 1.74. The molecule has 2 unspecified atom stereocenters. The second-order valence-electron chi connectivity index (χ2n) is 5.80. The van der Waals surface area contributed by atoms with Crippen molar-refractivity contribution in [1.29, 1.82) is 0 Å². The molecule has 0 saturated carbocycles. The maximum absolute atomic E-state index is 10.8. The van der Waals surface area contributed by atoms with Crippen molar-refractivity contribution < 1.29 is 19.1 Å². The van der Waals surface area contributed by atoms with E-state index >= 15 is 0 Å². The summed E-state index contributed by atoms with van der Waals surface area (Å²) in [7, 11) is 0. The maximum Gasteiger partial charge on any atom is 0.269 e. The SMILES string of the molecule is CC1COC(c2ccc([N+](=O)[O-])cc2)c2cc3c(cc21)OCO3. The molecule has 23 heavy (non-hydrogen) atoms. The highest BCUT2D eigenvalue weighted by Gasteiger charge is 2.30. The highest BCUT2D eigenvalue weighted by molar-refractivity contribution is 5.53. The van der Waals surface area contributed by atoms with Crippen LogP contribution in [0.4, 0.5) is 5.69 Å². The minimum Gasteiger partial charge on any atom is -0.454 e. The van der Waals surface area contributed by atoms with Crippen LogP contribution in [0.15, 0.2) is 36.4 Å². The Labute approximate surface area is 132 Å². The number of non-ortho nitro benzene ring substituents is 1. The van der Waals surface area contributed by atoms with Crippen LogP contribution in [0.1, 0.15) is 35.6 Å². The van der Waals surface area contributed by atoms with Crippen molar-refractivity contribution in [2.75, 3.05) is 13.4 Å². The molecule has 4 rings (SSSR count). The van der Waals surface area contributed by atoms with Gasteiger partial charge in [0.25, 0.3) is 5.69 Å². The Morgan fingerprint density at radius 2 is 1.74 bits per heavy atom. The Balaban J connectivity index is 1.77. The van der Waals surface area contributed by atoms with Crippen LogP contribution >= 0.6 is 0 Å². The van der Waals surface area contributed by atoms with Crippen molar-refractivity contribution in [1.82, 2.24) is 0 Å². The van der Waals surface area contributed by atoms with Crippen LogP contribution in [0.25, 0.3) is 0 Å². The summed E-state index contributed by atoms with van der Waals surface area (Å²) in [6.45, 7) is 2.93. The van der Waals surface area contributed by atoms with Crippen molar-refractivity contribution in [3.63, 3.8) is 0 Å². The highest BCUT2D eigenvalue weighted by atomic mass is 16.7. The van der Waals surface area contributed by atoms with E-state index in [4.69, 9.17) is 14.2 Å². The van der Waals surface area contributed by atoms with E-state index < -0.39 is 4.92 Å². The molecule has 2 heterocycles. The van der Waals surface area contributed by atoms with Crippen molar-refractivity contribution in [3.05, 3.63) is 63.2 Å². The molecular formula is C17H15NO5. The number of fused-ring (bicyclic) bond motifs is 2. The largest absolute Gasteiger partial charge is 0.454 e. The van der Waals surface area contributed by atoms with Crippen molar-refractivity contribution in [3.8, 4) is 11.5 Å². The molecule has 0 aliphatic carbocycles. The number of hydrogen-bond donors (Lipinski definition) is 0. The van der Waals surface area contributed by atoms with Crippen LogP contribution in [0.5, 0.6) is 11.5 Å². The Kier molecular flexibility index (Phi) is 3.20. The first-order chi connectivity index (χ1) is 11.1. The van der Waals surface area contributed by atoms with Gasteiger partial charge in [-0.15, -0.1) is 0 Å². The van der Waals surface area contributed by atoms with Gasteiger partial charge in [-0.25, -0.2) is 0 Å². The normalized spacial score (nSPS) is 21.8. The summed E-state index contributed by atoms with van der Waals surface area (Å²) >= 11 is 0. The van der Waals surface area contributed by atoms with Gasteiger partial charge in [-0.2, -0.15) is 0 Å². The minimum atomic E-state index is -0.403. The van der Waals surface area contributed by atoms with Crippen LogP contribution < -0.4 is 9.47 Å². The molecule has 2 aliphatic rings. The molecule has 118 valence electrons. The van der Waals surface area contributed by atoms with Crippen molar-refractivity contribution in [2.24, 2.45) is 0 Å². The number of ether oxygens (including phenoxy) is 3. The molecule has 2 aromatic rings. The number of hydrogen-bond acceptors (Lipinski definition) is 5. The molecule has 0 spiro atoms. The summed E-state index contributed by atoms with van der Waals surface area (Å²) in [6, 6.07) is 10.5. The molecule has 0 aromatic heterocycles. The third-order valence-corrected chi connectivity index (χ3v) is 4.31.